The predicted octanol–water partition coefficient (Wildman–Crippen LogP) is 3.24. The molecule has 0 aliphatic carbocycles. The Labute approximate surface area is 169 Å². The lowest BCUT2D eigenvalue weighted by molar-refractivity contribution is -0.128. The van der Waals surface area contributed by atoms with Crippen LogP contribution in [0.15, 0.2) is 67.1 Å². The highest BCUT2D eigenvalue weighted by molar-refractivity contribution is 5.97. The molecule has 0 fully saturated rings. The first-order chi connectivity index (χ1) is 14.0. The van der Waals surface area contributed by atoms with Gasteiger partial charge in [-0.2, -0.15) is 0 Å². The molecule has 0 bridgehead atoms. The van der Waals surface area contributed by atoms with Crippen LogP contribution >= 0.6 is 0 Å². The molecule has 1 heterocycles. The zero-order chi connectivity index (χ0) is 20.6. The van der Waals surface area contributed by atoms with Crippen molar-refractivity contribution in [3.8, 4) is 17.0 Å². The Morgan fingerprint density at radius 2 is 1.79 bits per heavy atom. The van der Waals surface area contributed by atoms with Crippen LogP contribution in [-0.4, -0.2) is 34.4 Å². The maximum absolute atomic E-state index is 12.7. The number of carbonyl (C=O) groups is 2. The minimum absolute atomic E-state index is 0.0834. The van der Waals surface area contributed by atoms with Crippen molar-refractivity contribution in [3.05, 3.63) is 67.1 Å². The average Bonchev–Trinajstić information content (AvgIpc) is 3.26. The smallest absolute Gasteiger partial charge is 0.258 e. The molecule has 0 aliphatic heterocycles. The summed E-state index contributed by atoms with van der Waals surface area (Å²) in [5.74, 6) is -0.106. The quantitative estimate of drug-likeness (QED) is 0.548. The summed E-state index contributed by atoms with van der Waals surface area (Å²) in [4.78, 5) is 32.0. The molecule has 1 aromatic heterocycles. The molecule has 3 rings (SSSR count). The molecule has 1 atom stereocenters. The summed E-state index contributed by atoms with van der Waals surface area (Å²) in [5.41, 5.74) is 2.51. The first-order valence-electron chi connectivity index (χ1n) is 9.40. The summed E-state index contributed by atoms with van der Waals surface area (Å²) < 4.78 is 5.44. The molecular weight excluding hydrogens is 368 g/mol. The molecule has 2 amide bonds. The molecule has 7 heteroatoms. The molecule has 150 valence electrons. The largest absolute Gasteiger partial charge is 0.484 e. The number of ether oxygens (including phenoxy) is 1. The summed E-state index contributed by atoms with van der Waals surface area (Å²) >= 11 is 0. The van der Waals surface area contributed by atoms with E-state index in [4.69, 9.17) is 4.74 Å². The topological polar surface area (TPSA) is 96.1 Å². The Bertz CT molecular complexity index is 922. The second-order valence-electron chi connectivity index (χ2n) is 6.92. The van der Waals surface area contributed by atoms with Crippen molar-refractivity contribution in [1.82, 2.24) is 15.3 Å². The highest BCUT2D eigenvalue weighted by Crippen LogP contribution is 2.19. The minimum atomic E-state index is -0.672. The van der Waals surface area contributed by atoms with E-state index in [-0.39, 0.29) is 24.3 Å². The van der Waals surface area contributed by atoms with Gasteiger partial charge in [0.05, 0.1) is 18.2 Å². The number of rotatable bonds is 8. The fourth-order valence-corrected chi connectivity index (χ4v) is 2.78. The van der Waals surface area contributed by atoms with Crippen LogP contribution in [0, 0.1) is 5.92 Å². The van der Waals surface area contributed by atoms with Gasteiger partial charge in [-0.05, 0) is 35.7 Å². The van der Waals surface area contributed by atoms with Gasteiger partial charge in [-0.25, -0.2) is 4.98 Å². The highest BCUT2D eigenvalue weighted by atomic mass is 16.5. The van der Waals surface area contributed by atoms with E-state index in [0.29, 0.717) is 11.4 Å². The van der Waals surface area contributed by atoms with Crippen molar-refractivity contribution in [2.24, 2.45) is 5.92 Å². The third-order valence-corrected chi connectivity index (χ3v) is 4.34. The molecule has 3 aromatic rings. The Balaban J connectivity index is 1.56. The van der Waals surface area contributed by atoms with Crippen LogP contribution in [0.2, 0.25) is 0 Å². The van der Waals surface area contributed by atoms with Crippen LogP contribution in [0.5, 0.6) is 5.75 Å². The summed E-state index contributed by atoms with van der Waals surface area (Å²) in [7, 11) is 0. The van der Waals surface area contributed by atoms with Crippen molar-refractivity contribution in [3.63, 3.8) is 0 Å². The normalized spacial score (nSPS) is 11.7. The molecule has 2 aromatic carbocycles. The first-order valence-corrected chi connectivity index (χ1v) is 9.40. The monoisotopic (exact) mass is 392 g/mol. The highest BCUT2D eigenvalue weighted by Gasteiger charge is 2.24. The van der Waals surface area contributed by atoms with Crippen molar-refractivity contribution in [2.75, 3.05) is 11.9 Å². The number of aromatic nitrogens is 2. The number of carbonyl (C=O) groups excluding carboxylic acids is 2. The van der Waals surface area contributed by atoms with Crippen LogP contribution in [-0.2, 0) is 9.59 Å². The molecule has 0 radical (unpaired) electrons. The van der Waals surface area contributed by atoms with Crippen molar-refractivity contribution < 1.29 is 14.3 Å². The van der Waals surface area contributed by atoms with Crippen molar-refractivity contribution >= 4 is 17.5 Å². The van der Waals surface area contributed by atoms with Crippen LogP contribution in [0.3, 0.4) is 0 Å². The van der Waals surface area contributed by atoms with E-state index in [1.54, 1.807) is 24.7 Å². The Hall–Kier alpha value is -3.61. The lowest BCUT2D eigenvalue weighted by atomic mass is 10.0. The average molecular weight is 392 g/mol. The number of benzene rings is 2. The van der Waals surface area contributed by atoms with Crippen LogP contribution in [0.1, 0.15) is 13.8 Å². The van der Waals surface area contributed by atoms with Crippen LogP contribution in [0.25, 0.3) is 11.3 Å². The standard InChI is InChI=1S/C22H24N4O3/c1-15(2)21(26-20(27)13-29-18-6-4-3-5-7-18)22(28)25-17-10-8-16(9-11-17)19-12-23-14-24-19/h3-12,14-15,21H,13H2,1-2H3,(H,23,24)(H,25,28)(H,26,27). The SMILES string of the molecule is CC(C)C(NC(=O)COc1ccccc1)C(=O)Nc1ccc(-c2cnc[nH]2)cc1. The fraction of sp³-hybridized carbons (Fsp3) is 0.227. The maximum Gasteiger partial charge on any atom is 0.258 e. The summed E-state index contributed by atoms with van der Waals surface area (Å²) in [6.07, 6.45) is 3.35. The van der Waals surface area contributed by atoms with Gasteiger partial charge in [0.25, 0.3) is 5.91 Å². The van der Waals surface area contributed by atoms with Crippen LogP contribution < -0.4 is 15.4 Å². The third kappa shape index (κ3) is 5.68. The Morgan fingerprint density at radius 1 is 1.07 bits per heavy atom. The number of hydrogen-bond donors (Lipinski definition) is 3. The minimum Gasteiger partial charge on any atom is -0.484 e. The zero-order valence-corrected chi connectivity index (χ0v) is 16.4. The van der Waals surface area contributed by atoms with Gasteiger partial charge in [0, 0.05) is 5.69 Å². The Morgan fingerprint density at radius 3 is 2.41 bits per heavy atom. The number of nitrogens with one attached hydrogen (secondary N) is 3. The summed E-state index contributed by atoms with van der Waals surface area (Å²) in [6.45, 7) is 3.60. The van der Waals surface area contributed by atoms with Gasteiger partial charge in [0.15, 0.2) is 6.61 Å². The maximum atomic E-state index is 12.7. The van der Waals surface area contributed by atoms with Gasteiger partial charge in [0.1, 0.15) is 11.8 Å². The number of hydrogen-bond acceptors (Lipinski definition) is 4. The molecule has 3 N–H and O–H groups in total. The zero-order valence-electron chi connectivity index (χ0n) is 16.4. The first kappa shape index (κ1) is 20.1. The van der Waals surface area contributed by atoms with Gasteiger partial charge < -0.3 is 20.4 Å². The van der Waals surface area contributed by atoms with E-state index in [2.05, 4.69) is 20.6 Å². The second kappa shape index (κ2) is 9.54. The predicted molar refractivity (Wildman–Crippen MR) is 111 cm³/mol. The lowest BCUT2D eigenvalue weighted by Crippen LogP contribution is -2.48. The van der Waals surface area contributed by atoms with Gasteiger partial charge in [-0.1, -0.05) is 44.2 Å². The molecule has 0 aliphatic rings. The third-order valence-electron chi connectivity index (χ3n) is 4.34. The van der Waals surface area contributed by atoms with E-state index in [1.807, 2.05) is 56.3 Å². The van der Waals surface area contributed by atoms with Gasteiger partial charge in [-0.15, -0.1) is 0 Å². The van der Waals surface area contributed by atoms with Crippen molar-refractivity contribution in [2.45, 2.75) is 19.9 Å². The van der Waals surface area contributed by atoms with E-state index in [1.165, 1.54) is 0 Å². The molecule has 1 unspecified atom stereocenters. The van der Waals surface area contributed by atoms with E-state index in [9.17, 15) is 9.59 Å². The number of para-hydroxylation sites is 1. The molecular formula is C22H24N4O3. The molecule has 29 heavy (non-hydrogen) atoms. The fourth-order valence-electron chi connectivity index (χ4n) is 2.78. The van der Waals surface area contributed by atoms with E-state index >= 15 is 0 Å². The molecule has 0 saturated heterocycles. The van der Waals surface area contributed by atoms with Gasteiger partial charge in [-0.3, -0.25) is 9.59 Å². The number of H-pyrrole nitrogens is 1. The summed E-state index contributed by atoms with van der Waals surface area (Å²) in [6, 6.07) is 15.8. The number of nitrogens with zero attached hydrogens (tertiary/aromatic N) is 1. The van der Waals surface area contributed by atoms with Gasteiger partial charge >= 0.3 is 0 Å². The number of imidazole rings is 1. The Kier molecular flexibility index (Phi) is 6.63. The number of amides is 2. The number of anilines is 1. The lowest BCUT2D eigenvalue weighted by Gasteiger charge is -2.22. The van der Waals surface area contributed by atoms with Gasteiger partial charge in [0.2, 0.25) is 5.91 Å². The van der Waals surface area contributed by atoms with E-state index in [0.717, 1.165) is 11.3 Å². The van der Waals surface area contributed by atoms with Crippen molar-refractivity contribution in [1.29, 1.82) is 0 Å². The molecule has 0 spiro atoms. The van der Waals surface area contributed by atoms with Crippen LogP contribution in [0.4, 0.5) is 5.69 Å². The molecule has 0 saturated carbocycles. The summed E-state index contributed by atoms with van der Waals surface area (Å²) in [5, 5.41) is 5.61. The molecule has 7 nitrogen and oxygen atoms in total. The van der Waals surface area contributed by atoms with E-state index < -0.39 is 6.04 Å². The number of aromatic amines is 1. The second-order valence-corrected chi connectivity index (χ2v) is 6.92.